The molecule has 7 aromatic rings. The monoisotopic (exact) mass is 992 g/mol. The third-order valence-corrected chi connectivity index (χ3v) is 20.2. The van der Waals surface area contributed by atoms with E-state index in [2.05, 4.69) is 271 Å². The molecule has 0 N–H and O–H groups in total. The van der Waals surface area contributed by atoms with Crippen LogP contribution >= 0.6 is 0 Å². The lowest BCUT2D eigenvalue weighted by Gasteiger charge is -2.51. The minimum atomic E-state index is -1.81. The van der Waals surface area contributed by atoms with E-state index in [0.717, 1.165) is 6.42 Å². The third kappa shape index (κ3) is 7.95. The van der Waals surface area contributed by atoms with E-state index in [1.165, 1.54) is 125 Å². The van der Waals surface area contributed by atoms with Crippen LogP contribution in [0.15, 0.2) is 140 Å². The molecular formula is C69H82BN3Si. The van der Waals surface area contributed by atoms with Crippen LogP contribution in [0.2, 0.25) is 19.6 Å². The lowest BCUT2D eigenvalue weighted by Crippen LogP contribution is -2.62. The van der Waals surface area contributed by atoms with Crippen molar-refractivity contribution in [3.63, 3.8) is 0 Å². The summed E-state index contributed by atoms with van der Waals surface area (Å²) in [6, 6.07) is 56.0. The molecule has 0 aromatic heterocycles. The van der Waals surface area contributed by atoms with Gasteiger partial charge in [-0.3, -0.25) is 0 Å². The molecule has 11 rings (SSSR count). The zero-order valence-electron chi connectivity index (χ0n) is 48.0. The maximum absolute atomic E-state index is 2.84. The van der Waals surface area contributed by atoms with Crippen LogP contribution in [0.5, 0.6) is 0 Å². The van der Waals surface area contributed by atoms with Crippen molar-refractivity contribution in [2.75, 3.05) is 14.7 Å². The Morgan fingerprint density at radius 1 is 0.446 bits per heavy atom. The third-order valence-electron chi connectivity index (χ3n) is 18.2. The van der Waals surface area contributed by atoms with Crippen LogP contribution < -0.4 is 36.3 Å². The Morgan fingerprint density at radius 3 is 1.59 bits per heavy atom. The van der Waals surface area contributed by atoms with Crippen LogP contribution in [0.25, 0.3) is 11.1 Å². The molecule has 74 heavy (non-hydrogen) atoms. The van der Waals surface area contributed by atoms with Crippen molar-refractivity contribution < 1.29 is 0 Å². The number of hydrogen-bond donors (Lipinski definition) is 0. The lowest BCUT2D eigenvalue weighted by atomic mass is 9.33. The normalized spacial score (nSPS) is 19.5. The summed E-state index contributed by atoms with van der Waals surface area (Å²) in [4.78, 5) is 8.22. The topological polar surface area (TPSA) is 9.72 Å². The van der Waals surface area contributed by atoms with E-state index < -0.39 is 8.07 Å². The van der Waals surface area contributed by atoms with Gasteiger partial charge < -0.3 is 14.7 Å². The van der Waals surface area contributed by atoms with Gasteiger partial charge in [0, 0.05) is 50.8 Å². The molecule has 380 valence electrons. The van der Waals surface area contributed by atoms with E-state index >= 15 is 0 Å². The van der Waals surface area contributed by atoms with Crippen molar-refractivity contribution in [1.82, 2.24) is 0 Å². The van der Waals surface area contributed by atoms with Crippen LogP contribution in [-0.4, -0.2) is 20.3 Å². The van der Waals surface area contributed by atoms with Gasteiger partial charge in [-0.25, -0.2) is 0 Å². The van der Waals surface area contributed by atoms with E-state index in [1.807, 2.05) is 0 Å². The summed E-state index contributed by atoms with van der Waals surface area (Å²) in [5, 5.41) is 1.47. The van der Waals surface area contributed by atoms with Gasteiger partial charge in [0.15, 0.2) is 0 Å². The van der Waals surface area contributed by atoms with Crippen LogP contribution in [0.3, 0.4) is 0 Å². The molecule has 1 aliphatic carbocycles. The first-order valence-corrected chi connectivity index (χ1v) is 31.4. The quantitative estimate of drug-likeness (QED) is 0.159. The van der Waals surface area contributed by atoms with Gasteiger partial charge in [0.2, 0.25) is 0 Å². The molecular weight excluding hydrogens is 910 g/mol. The predicted molar refractivity (Wildman–Crippen MR) is 326 cm³/mol. The van der Waals surface area contributed by atoms with Gasteiger partial charge in [-0.1, -0.05) is 213 Å². The highest BCUT2D eigenvalue weighted by Gasteiger charge is 2.58. The fourth-order valence-corrected chi connectivity index (χ4v) is 14.5. The fraction of sp³-hybridized carbons (Fsp3) is 0.391. The van der Waals surface area contributed by atoms with Crippen LogP contribution in [0.4, 0.5) is 45.5 Å². The molecule has 0 amide bonds. The first-order valence-electron chi connectivity index (χ1n) is 27.9. The largest absolute Gasteiger partial charge is 0.334 e. The van der Waals surface area contributed by atoms with Crippen LogP contribution in [0, 0.1) is 0 Å². The Kier molecular flexibility index (Phi) is 11.5. The summed E-state index contributed by atoms with van der Waals surface area (Å²) in [7, 11) is -1.81. The van der Waals surface area contributed by atoms with E-state index in [9.17, 15) is 0 Å². The number of benzene rings is 7. The second kappa shape index (κ2) is 16.9. The molecule has 0 spiro atoms. The van der Waals surface area contributed by atoms with Crippen molar-refractivity contribution in [3.05, 3.63) is 167 Å². The molecule has 4 aliphatic rings. The molecule has 3 aliphatic heterocycles. The van der Waals surface area contributed by atoms with E-state index in [4.69, 9.17) is 0 Å². The SMILES string of the molecule is CC(C)(C)c1ccc(N2c3ccc(C(C)(C)C)cc3B3c4ccc([Si](C)(C)C)cc4N(c4ccc(C(C)(C)C)cc4-c4ccccc4)c4cc(N5c6ccc(C(C)(C)C)cc6C6(C)CCCCC56C)cc2c43)cc1. The Hall–Kier alpha value is -5.78. The molecule has 3 nitrogen and oxygen atoms in total. The number of anilines is 8. The molecule has 0 saturated heterocycles. The van der Waals surface area contributed by atoms with Gasteiger partial charge in [0.05, 0.1) is 19.3 Å². The van der Waals surface area contributed by atoms with Crippen molar-refractivity contribution >= 4 is 81.9 Å². The second-order valence-corrected chi connectivity index (χ2v) is 33.4. The summed E-state index contributed by atoms with van der Waals surface area (Å²) in [6.07, 6.45) is 4.78. The Bertz CT molecular complexity index is 3350. The highest BCUT2D eigenvalue weighted by molar-refractivity contribution is 7.00. The number of nitrogens with zero attached hydrogens (tertiary/aromatic N) is 3. The van der Waals surface area contributed by atoms with Gasteiger partial charge in [-0.2, -0.15) is 0 Å². The maximum atomic E-state index is 2.84. The number of fused-ring (bicyclic) bond motifs is 7. The second-order valence-electron chi connectivity index (χ2n) is 28.3. The van der Waals surface area contributed by atoms with Crippen molar-refractivity contribution in [2.45, 2.75) is 175 Å². The molecule has 1 saturated carbocycles. The highest BCUT2D eigenvalue weighted by Crippen LogP contribution is 2.62. The summed E-state index contributed by atoms with van der Waals surface area (Å²) < 4.78 is 0. The molecule has 1 fully saturated rings. The molecule has 3 heterocycles. The lowest BCUT2D eigenvalue weighted by molar-refractivity contribution is 0.195. The van der Waals surface area contributed by atoms with Gasteiger partial charge in [0.25, 0.3) is 6.71 Å². The smallest absolute Gasteiger partial charge is 0.252 e. The van der Waals surface area contributed by atoms with Crippen molar-refractivity contribution in [1.29, 1.82) is 0 Å². The summed E-state index contributed by atoms with van der Waals surface area (Å²) in [6.45, 7) is 41.0. The molecule has 0 radical (unpaired) electrons. The first-order chi connectivity index (χ1) is 34.6. The van der Waals surface area contributed by atoms with Crippen molar-refractivity contribution in [3.8, 4) is 11.1 Å². The highest BCUT2D eigenvalue weighted by atomic mass is 28.3. The Balaban J connectivity index is 1.30. The number of rotatable bonds is 5. The maximum Gasteiger partial charge on any atom is 0.252 e. The molecule has 0 bridgehead atoms. The van der Waals surface area contributed by atoms with Crippen molar-refractivity contribution in [2.24, 2.45) is 0 Å². The Labute approximate surface area is 447 Å². The molecule has 2 unspecified atom stereocenters. The minimum Gasteiger partial charge on any atom is -0.334 e. The zero-order valence-corrected chi connectivity index (χ0v) is 49.0. The van der Waals surface area contributed by atoms with E-state index in [1.54, 1.807) is 0 Å². The summed E-state index contributed by atoms with van der Waals surface area (Å²) >= 11 is 0. The Morgan fingerprint density at radius 2 is 0.986 bits per heavy atom. The summed E-state index contributed by atoms with van der Waals surface area (Å²) in [5.74, 6) is 0. The minimum absolute atomic E-state index is 0.00292. The molecule has 2 atom stereocenters. The number of hydrogen-bond acceptors (Lipinski definition) is 3. The van der Waals surface area contributed by atoms with E-state index in [0.29, 0.717) is 0 Å². The first kappa shape index (κ1) is 50.4. The van der Waals surface area contributed by atoms with Crippen LogP contribution in [0.1, 0.15) is 150 Å². The standard InChI is InChI=1S/C69H82BN3Si/c1-64(2,3)46-25-30-50(31-26-46)71-59-36-29-49(67(10,11)12)41-56(59)70-55-33-32-52(74(15,16)17)44-60(55)72(57-34-27-47(65(4,5)6)39-53(57)45-23-19-18-20-24-45)62-43-51(42-61(71)63(62)70)73-58-35-28-48(66(7,8)9)40-54(58)68(13)37-21-22-38-69(68,73)14/h18-20,23-36,39-44H,21-22,37-38H2,1-17H3. The summed E-state index contributed by atoms with van der Waals surface area (Å²) in [5.41, 5.74) is 23.5. The predicted octanol–water partition coefficient (Wildman–Crippen LogP) is 16.9. The molecule has 7 aromatic carbocycles. The fourth-order valence-electron chi connectivity index (χ4n) is 13.3. The van der Waals surface area contributed by atoms with Gasteiger partial charge in [0.1, 0.15) is 0 Å². The van der Waals surface area contributed by atoms with Gasteiger partial charge >= 0.3 is 0 Å². The average molecular weight is 992 g/mol. The zero-order chi connectivity index (χ0) is 52.9. The molecule has 5 heteroatoms. The van der Waals surface area contributed by atoms with Gasteiger partial charge in [-0.15, -0.1) is 0 Å². The average Bonchev–Trinajstić information content (AvgIpc) is 3.54. The van der Waals surface area contributed by atoms with Crippen LogP contribution in [-0.2, 0) is 27.1 Å². The van der Waals surface area contributed by atoms with E-state index in [-0.39, 0.29) is 39.3 Å². The van der Waals surface area contributed by atoms with Gasteiger partial charge in [-0.05, 0) is 146 Å².